The van der Waals surface area contributed by atoms with Gasteiger partial charge in [0, 0.05) is 22.4 Å². The number of amides is 2. The van der Waals surface area contributed by atoms with Crippen LogP contribution in [0.2, 0.25) is 0 Å². The van der Waals surface area contributed by atoms with E-state index in [0.29, 0.717) is 0 Å². The summed E-state index contributed by atoms with van der Waals surface area (Å²) in [6.07, 6.45) is 0. The van der Waals surface area contributed by atoms with Crippen molar-refractivity contribution in [2.24, 2.45) is 5.92 Å². The highest BCUT2D eigenvalue weighted by Crippen LogP contribution is 2.29. The van der Waals surface area contributed by atoms with Crippen molar-refractivity contribution in [1.29, 1.82) is 0 Å². The van der Waals surface area contributed by atoms with Crippen molar-refractivity contribution >= 4 is 29.3 Å². The summed E-state index contributed by atoms with van der Waals surface area (Å²) < 4.78 is 0. The van der Waals surface area contributed by atoms with Gasteiger partial charge in [-0.1, -0.05) is 31.7 Å². The molecule has 0 aliphatic rings. The lowest BCUT2D eigenvalue weighted by molar-refractivity contribution is -0.126. The van der Waals surface area contributed by atoms with Gasteiger partial charge in [0.25, 0.3) is 0 Å². The lowest BCUT2D eigenvalue weighted by atomic mass is 10.0. The van der Waals surface area contributed by atoms with Crippen LogP contribution in [0.3, 0.4) is 0 Å². The molecule has 0 fully saturated rings. The molecule has 2 rings (SSSR count). The van der Waals surface area contributed by atoms with E-state index in [1.165, 1.54) is 22.9 Å². The van der Waals surface area contributed by atoms with Crippen LogP contribution in [0.1, 0.15) is 31.9 Å². The molecule has 0 heterocycles. The summed E-state index contributed by atoms with van der Waals surface area (Å²) in [7, 11) is 0. The highest BCUT2D eigenvalue weighted by atomic mass is 32.2. The van der Waals surface area contributed by atoms with Crippen LogP contribution in [0.25, 0.3) is 0 Å². The van der Waals surface area contributed by atoms with Gasteiger partial charge >= 0.3 is 0 Å². The Bertz CT molecular complexity index is 785. The molecule has 0 radical (unpaired) electrons. The molecule has 2 aromatic rings. The van der Waals surface area contributed by atoms with Crippen LogP contribution < -0.4 is 10.6 Å². The van der Waals surface area contributed by atoms with E-state index in [1.807, 2.05) is 38.1 Å². The molecule has 0 spiro atoms. The van der Waals surface area contributed by atoms with Gasteiger partial charge in [0.05, 0.1) is 0 Å². The van der Waals surface area contributed by atoms with Gasteiger partial charge in [0.2, 0.25) is 11.8 Å². The van der Waals surface area contributed by atoms with Gasteiger partial charge in [0.15, 0.2) is 0 Å². The number of benzene rings is 2. The lowest BCUT2D eigenvalue weighted by Gasteiger charge is -2.21. The first-order valence-electron chi connectivity index (χ1n) is 8.69. The zero-order valence-corrected chi connectivity index (χ0v) is 16.7. The molecule has 0 aromatic heterocycles. The van der Waals surface area contributed by atoms with Crippen LogP contribution in [-0.4, -0.2) is 17.9 Å². The second kappa shape index (κ2) is 8.90. The number of aryl methyl sites for hydroxylation is 2. The van der Waals surface area contributed by atoms with Gasteiger partial charge in [0.1, 0.15) is 6.04 Å². The van der Waals surface area contributed by atoms with E-state index in [0.717, 1.165) is 10.6 Å². The lowest BCUT2D eigenvalue weighted by Crippen LogP contribution is -2.46. The first kappa shape index (κ1) is 20.0. The van der Waals surface area contributed by atoms with E-state index in [2.05, 4.69) is 42.7 Å². The third kappa shape index (κ3) is 5.63. The normalized spacial score (nSPS) is 11.9. The van der Waals surface area contributed by atoms with Crippen LogP contribution in [0, 0.1) is 19.8 Å². The van der Waals surface area contributed by atoms with E-state index < -0.39 is 6.04 Å². The number of rotatable bonds is 6. The number of carbonyl (C=O) groups excluding carboxylic acids is 2. The van der Waals surface area contributed by atoms with E-state index in [-0.39, 0.29) is 17.7 Å². The Hall–Kier alpha value is -2.27. The molecule has 0 aliphatic heterocycles. The maximum absolute atomic E-state index is 12.4. The van der Waals surface area contributed by atoms with Crippen molar-refractivity contribution in [3.05, 3.63) is 53.6 Å². The average Bonchev–Trinajstić information content (AvgIpc) is 2.57. The minimum Gasteiger partial charge on any atom is -0.344 e. The highest BCUT2D eigenvalue weighted by molar-refractivity contribution is 7.99. The fourth-order valence-corrected chi connectivity index (χ4v) is 3.41. The fraction of sp³-hybridized carbons (Fsp3) is 0.333. The molecule has 1 unspecified atom stereocenters. The molecule has 138 valence electrons. The number of anilines is 1. The molecule has 0 saturated carbocycles. The van der Waals surface area contributed by atoms with Crippen molar-refractivity contribution in [3.63, 3.8) is 0 Å². The molecule has 26 heavy (non-hydrogen) atoms. The van der Waals surface area contributed by atoms with Gasteiger partial charge in [-0.25, -0.2) is 0 Å². The summed E-state index contributed by atoms with van der Waals surface area (Å²) in [4.78, 5) is 26.0. The topological polar surface area (TPSA) is 58.2 Å². The molecular weight excluding hydrogens is 344 g/mol. The van der Waals surface area contributed by atoms with Gasteiger partial charge in [-0.05, 0) is 67.3 Å². The summed E-state index contributed by atoms with van der Waals surface area (Å²) in [6.45, 7) is 9.44. The van der Waals surface area contributed by atoms with Gasteiger partial charge in [-0.3, -0.25) is 9.59 Å². The van der Waals surface area contributed by atoms with E-state index >= 15 is 0 Å². The summed E-state index contributed by atoms with van der Waals surface area (Å²) in [5.41, 5.74) is 3.28. The average molecular weight is 371 g/mol. The molecule has 0 aliphatic carbocycles. The number of nitrogens with one attached hydrogen (secondary N) is 2. The van der Waals surface area contributed by atoms with Crippen LogP contribution >= 0.6 is 11.8 Å². The van der Waals surface area contributed by atoms with Crippen molar-refractivity contribution in [1.82, 2.24) is 5.32 Å². The van der Waals surface area contributed by atoms with Crippen molar-refractivity contribution in [2.45, 2.75) is 50.5 Å². The summed E-state index contributed by atoms with van der Waals surface area (Å²) in [5, 5.41) is 5.57. The Kier molecular flexibility index (Phi) is 6.86. The Morgan fingerprint density at radius 3 is 2.08 bits per heavy atom. The Morgan fingerprint density at radius 2 is 1.54 bits per heavy atom. The Balaban J connectivity index is 2.03. The number of hydrogen-bond donors (Lipinski definition) is 2. The van der Waals surface area contributed by atoms with Crippen molar-refractivity contribution < 1.29 is 9.59 Å². The minimum absolute atomic E-state index is 0.0125. The molecule has 5 heteroatoms. The Labute approximate surface area is 159 Å². The van der Waals surface area contributed by atoms with Crippen LogP contribution in [0.4, 0.5) is 5.69 Å². The first-order valence-corrected chi connectivity index (χ1v) is 9.51. The zero-order chi connectivity index (χ0) is 19.3. The maximum atomic E-state index is 12.4. The third-order valence-electron chi connectivity index (χ3n) is 4.14. The van der Waals surface area contributed by atoms with Gasteiger partial charge < -0.3 is 10.6 Å². The second-order valence-electron chi connectivity index (χ2n) is 6.78. The zero-order valence-electron chi connectivity index (χ0n) is 15.9. The maximum Gasteiger partial charge on any atom is 0.247 e. The largest absolute Gasteiger partial charge is 0.344 e. The number of hydrogen-bond acceptors (Lipinski definition) is 3. The quantitative estimate of drug-likeness (QED) is 0.784. The van der Waals surface area contributed by atoms with Gasteiger partial charge in [-0.2, -0.15) is 0 Å². The Morgan fingerprint density at radius 1 is 0.923 bits per heavy atom. The summed E-state index contributed by atoms with van der Waals surface area (Å²) in [6, 6.07) is 13.6. The number of carbonyl (C=O) groups is 2. The SMILES string of the molecule is CC(=O)NC(C(=O)Nc1ccc(Sc2ccc(C)c(C)c2)cc1)C(C)C. The molecule has 1 atom stereocenters. The van der Waals surface area contributed by atoms with Crippen LogP contribution in [0.15, 0.2) is 52.3 Å². The molecule has 4 nitrogen and oxygen atoms in total. The summed E-state index contributed by atoms with van der Waals surface area (Å²) >= 11 is 1.69. The molecule has 2 N–H and O–H groups in total. The second-order valence-corrected chi connectivity index (χ2v) is 7.93. The van der Waals surface area contributed by atoms with Crippen molar-refractivity contribution in [3.8, 4) is 0 Å². The van der Waals surface area contributed by atoms with Gasteiger partial charge in [-0.15, -0.1) is 0 Å². The molecule has 0 bridgehead atoms. The van der Waals surface area contributed by atoms with Crippen molar-refractivity contribution in [2.75, 3.05) is 5.32 Å². The van der Waals surface area contributed by atoms with E-state index in [9.17, 15) is 9.59 Å². The predicted molar refractivity (Wildman–Crippen MR) is 108 cm³/mol. The third-order valence-corrected chi connectivity index (χ3v) is 5.14. The van der Waals surface area contributed by atoms with Crippen LogP contribution in [-0.2, 0) is 9.59 Å². The molecular formula is C21H26N2O2S. The van der Waals surface area contributed by atoms with E-state index in [1.54, 1.807) is 11.8 Å². The molecule has 2 amide bonds. The van der Waals surface area contributed by atoms with E-state index in [4.69, 9.17) is 0 Å². The highest BCUT2D eigenvalue weighted by Gasteiger charge is 2.22. The molecule has 0 saturated heterocycles. The molecule has 2 aromatic carbocycles. The smallest absolute Gasteiger partial charge is 0.247 e. The minimum atomic E-state index is -0.544. The standard InChI is InChI=1S/C21H26N2O2S/c1-13(2)20(22-16(5)24)21(25)23-17-7-10-18(11-8-17)26-19-9-6-14(3)15(4)12-19/h6-13,20H,1-5H3,(H,22,24)(H,23,25). The summed E-state index contributed by atoms with van der Waals surface area (Å²) in [5.74, 6) is -0.401. The predicted octanol–water partition coefficient (Wildman–Crippen LogP) is 4.55. The first-order chi connectivity index (χ1) is 12.3. The monoisotopic (exact) mass is 370 g/mol. The van der Waals surface area contributed by atoms with Crippen LogP contribution in [0.5, 0.6) is 0 Å². The fourth-order valence-electron chi connectivity index (χ4n) is 2.49.